The summed E-state index contributed by atoms with van der Waals surface area (Å²) in [6, 6.07) is 0.228. The van der Waals surface area contributed by atoms with Crippen LogP contribution in [-0.2, 0) is 6.54 Å². The van der Waals surface area contributed by atoms with Gasteiger partial charge in [0.1, 0.15) is 17.1 Å². The second-order valence-corrected chi connectivity index (χ2v) is 8.12. The van der Waals surface area contributed by atoms with E-state index in [0.717, 1.165) is 50.1 Å². The quantitative estimate of drug-likeness (QED) is 0.302. The first-order valence-electron chi connectivity index (χ1n) is 10.0. The van der Waals surface area contributed by atoms with Crippen molar-refractivity contribution in [3.8, 4) is 0 Å². The first-order chi connectivity index (χ1) is 13.7. The third-order valence-electron chi connectivity index (χ3n) is 4.89. The normalized spacial score (nSPS) is 20.7. The van der Waals surface area contributed by atoms with Gasteiger partial charge in [-0.15, -0.1) is 11.3 Å². The molecule has 5 N–H and O–H groups in total. The number of unbranched alkanes of at least 4 members (excludes halogenated alkanes) is 1. The van der Waals surface area contributed by atoms with Crippen LogP contribution in [0.5, 0.6) is 0 Å². The second-order valence-electron chi connectivity index (χ2n) is 7.14. The van der Waals surface area contributed by atoms with Gasteiger partial charge in [0.15, 0.2) is 0 Å². The largest absolute Gasteiger partial charge is 0.393 e. The second kappa shape index (κ2) is 10.7. The number of hydrogen-bond donors (Lipinski definition) is 5. The highest BCUT2D eigenvalue weighted by atomic mass is 32.1. The summed E-state index contributed by atoms with van der Waals surface area (Å²) in [5.74, 6) is 1.19. The number of rotatable bonds is 10. The fraction of sp³-hybridized carbons (Fsp3) is 0.632. The van der Waals surface area contributed by atoms with Crippen molar-refractivity contribution in [2.75, 3.05) is 17.2 Å². The minimum atomic E-state index is -0.898. The molecule has 2 aromatic heterocycles. The predicted octanol–water partition coefficient (Wildman–Crippen LogP) is 2.64. The lowest BCUT2D eigenvalue weighted by Crippen LogP contribution is -2.30. The fourth-order valence-electron chi connectivity index (χ4n) is 3.22. The summed E-state index contributed by atoms with van der Waals surface area (Å²) in [5.41, 5.74) is 0.615. The number of nitrogens with zero attached hydrogens (tertiary/aromatic N) is 3. The van der Waals surface area contributed by atoms with Gasteiger partial charge in [-0.05, 0) is 32.1 Å². The lowest BCUT2D eigenvalue weighted by Gasteiger charge is -2.28. The van der Waals surface area contributed by atoms with Crippen LogP contribution in [-0.4, -0.2) is 43.9 Å². The molecule has 1 unspecified atom stereocenters. The number of anilines is 2. The maximum Gasteiger partial charge on any atom is 0.224 e. The van der Waals surface area contributed by atoms with Gasteiger partial charge in [-0.2, -0.15) is 4.98 Å². The van der Waals surface area contributed by atoms with Crippen LogP contribution in [0.15, 0.2) is 17.8 Å². The van der Waals surface area contributed by atoms with E-state index in [1.807, 2.05) is 5.38 Å². The Hall–Kier alpha value is -1.81. The summed E-state index contributed by atoms with van der Waals surface area (Å²) in [6.45, 7) is 3.43. The molecule has 1 fully saturated rings. The lowest BCUT2D eigenvalue weighted by molar-refractivity contribution is 0.125. The van der Waals surface area contributed by atoms with E-state index in [9.17, 15) is 10.2 Å². The van der Waals surface area contributed by atoms with Crippen molar-refractivity contribution < 1.29 is 10.2 Å². The monoisotopic (exact) mass is 406 g/mol. The molecule has 1 atom stereocenters. The summed E-state index contributed by atoms with van der Waals surface area (Å²) in [4.78, 5) is 13.2. The molecule has 3 rings (SSSR count). The maximum absolute atomic E-state index is 10.7. The van der Waals surface area contributed by atoms with Gasteiger partial charge in [0.25, 0.3) is 0 Å². The van der Waals surface area contributed by atoms with Gasteiger partial charge >= 0.3 is 0 Å². The van der Waals surface area contributed by atoms with E-state index in [1.165, 1.54) is 0 Å². The molecule has 8 nitrogen and oxygen atoms in total. The average Bonchev–Trinajstić information content (AvgIpc) is 3.22. The molecule has 0 amide bonds. The molecule has 0 aromatic carbocycles. The number of aliphatic hydroxyl groups is 2. The van der Waals surface area contributed by atoms with E-state index in [0.29, 0.717) is 23.9 Å². The molecule has 0 saturated heterocycles. The van der Waals surface area contributed by atoms with Crippen molar-refractivity contribution in [1.82, 2.24) is 20.3 Å². The Balaban J connectivity index is 1.70. The first kappa shape index (κ1) is 20.9. The van der Waals surface area contributed by atoms with Crippen molar-refractivity contribution >= 4 is 23.1 Å². The Bertz CT molecular complexity index is 706. The highest BCUT2D eigenvalue weighted by Gasteiger charge is 2.22. The van der Waals surface area contributed by atoms with Gasteiger partial charge < -0.3 is 20.8 Å². The standard InChI is InChI=1S/C19H30N6O2S/c1-2-3-8-21-19-23-11-15(18(27)22-12-16-20-9-10-28-16)17(25-19)24-13-4-6-14(26)7-5-13/h9-11,13-14,18,22,26-27H,2-8,12H2,1H3,(H2,21,23,24,25). The van der Waals surface area contributed by atoms with Crippen molar-refractivity contribution in [2.45, 2.75) is 70.4 Å². The zero-order chi connectivity index (χ0) is 19.8. The Kier molecular flexibility index (Phi) is 7.96. The number of aliphatic hydroxyl groups excluding tert-OH is 2. The van der Waals surface area contributed by atoms with Gasteiger partial charge in [0.2, 0.25) is 5.95 Å². The minimum absolute atomic E-state index is 0.209. The molecule has 1 aliphatic carbocycles. The summed E-state index contributed by atoms with van der Waals surface area (Å²) < 4.78 is 0. The predicted molar refractivity (Wildman–Crippen MR) is 111 cm³/mol. The lowest BCUT2D eigenvalue weighted by atomic mass is 9.93. The third-order valence-corrected chi connectivity index (χ3v) is 5.67. The highest BCUT2D eigenvalue weighted by Crippen LogP contribution is 2.26. The SMILES string of the molecule is CCCCNc1ncc(C(O)NCc2nccs2)c(NC2CCC(O)CC2)n1. The van der Waals surface area contributed by atoms with Crippen LogP contribution in [0.4, 0.5) is 11.8 Å². The molecule has 2 aromatic rings. The zero-order valence-electron chi connectivity index (χ0n) is 16.3. The average molecular weight is 407 g/mol. The van der Waals surface area contributed by atoms with E-state index in [2.05, 4.69) is 37.8 Å². The van der Waals surface area contributed by atoms with Gasteiger partial charge in [0.05, 0.1) is 18.2 Å². The van der Waals surface area contributed by atoms with Crippen LogP contribution >= 0.6 is 11.3 Å². The molecule has 0 radical (unpaired) electrons. The summed E-state index contributed by atoms with van der Waals surface area (Å²) >= 11 is 1.54. The smallest absolute Gasteiger partial charge is 0.224 e. The number of nitrogens with one attached hydrogen (secondary N) is 3. The Morgan fingerprint density at radius 3 is 2.79 bits per heavy atom. The molecular weight excluding hydrogens is 376 g/mol. The molecule has 0 aliphatic heterocycles. The fourth-order valence-corrected chi connectivity index (χ4v) is 3.78. The molecule has 9 heteroatoms. The van der Waals surface area contributed by atoms with Gasteiger partial charge in [0, 0.05) is 30.4 Å². The summed E-state index contributed by atoms with van der Waals surface area (Å²) in [7, 11) is 0. The van der Waals surface area contributed by atoms with E-state index in [4.69, 9.17) is 0 Å². The maximum atomic E-state index is 10.7. The Morgan fingerprint density at radius 1 is 1.25 bits per heavy atom. The topological polar surface area (TPSA) is 115 Å². The van der Waals surface area contributed by atoms with Crippen LogP contribution in [0.3, 0.4) is 0 Å². The van der Waals surface area contributed by atoms with E-state index >= 15 is 0 Å². The van der Waals surface area contributed by atoms with Gasteiger partial charge in [-0.1, -0.05) is 13.3 Å². The van der Waals surface area contributed by atoms with Crippen molar-refractivity contribution in [2.24, 2.45) is 0 Å². The summed E-state index contributed by atoms with van der Waals surface area (Å²) in [6.07, 6.45) is 7.78. The molecule has 0 bridgehead atoms. The van der Waals surface area contributed by atoms with Crippen molar-refractivity contribution in [3.05, 3.63) is 28.3 Å². The van der Waals surface area contributed by atoms with E-state index in [-0.39, 0.29) is 12.1 Å². The number of aromatic nitrogens is 3. The van der Waals surface area contributed by atoms with Crippen LogP contribution in [0.25, 0.3) is 0 Å². The zero-order valence-corrected chi connectivity index (χ0v) is 17.1. The minimum Gasteiger partial charge on any atom is -0.393 e. The molecule has 2 heterocycles. The van der Waals surface area contributed by atoms with Crippen LogP contribution in [0.2, 0.25) is 0 Å². The Labute approximate surface area is 169 Å². The molecule has 1 aliphatic rings. The Morgan fingerprint density at radius 2 is 2.07 bits per heavy atom. The first-order valence-corrected chi connectivity index (χ1v) is 10.9. The molecule has 1 saturated carbocycles. The molecular formula is C19H30N6O2S. The summed E-state index contributed by atoms with van der Waals surface area (Å²) in [5, 5.41) is 33.0. The molecule has 154 valence electrons. The van der Waals surface area contributed by atoms with Gasteiger partial charge in [-0.25, -0.2) is 9.97 Å². The van der Waals surface area contributed by atoms with E-state index < -0.39 is 6.23 Å². The number of hydrogen-bond acceptors (Lipinski definition) is 9. The highest BCUT2D eigenvalue weighted by molar-refractivity contribution is 7.09. The number of thiazole rings is 1. The van der Waals surface area contributed by atoms with Crippen LogP contribution < -0.4 is 16.0 Å². The van der Waals surface area contributed by atoms with Crippen LogP contribution in [0.1, 0.15) is 62.2 Å². The van der Waals surface area contributed by atoms with Crippen LogP contribution in [0, 0.1) is 0 Å². The third kappa shape index (κ3) is 6.10. The molecule has 0 spiro atoms. The van der Waals surface area contributed by atoms with E-state index in [1.54, 1.807) is 23.7 Å². The van der Waals surface area contributed by atoms with Crippen molar-refractivity contribution in [1.29, 1.82) is 0 Å². The van der Waals surface area contributed by atoms with Crippen molar-refractivity contribution in [3.63, 3.8) is 0 Å². The van der Waals surface area contributed by atoms with Gasteiger partial charge in [-0.3, -0.25) is 5.32 Å². The molecule has 28 heavy (non-hydrogen) atoms.